The molecule has 0 amide bonds. The number of hydrogen-bond donors (Lipinski definition) is 0. The molecule has 0 aromatic carbocycles. The first-order chi connectivity index (χ1) is 17.9. The minimum absolute atomic E-state index is 0. The van der Waals surface area contributed by atoms with Crippen molar-refractivity contribution >= 4 is 167 Å². The predicted molar refractivity (Wildman–Crippen MR) is 133 cm³/mol. The molecule has 0 unspecified atom stereocenters. The number of alkyl halides is 1. The third-order valence-electron chi connectivity index (χ3n) is 1.25. The van der Waals surface area contributed by atoms with Crippen molar-refractivity contribution in [2.45, 2.75) is 34.1 Å². The van der Waals surface area contributed by atoms with Crippen LogP contribution in [0, 0.1) is 11.8 Å². The van der Waals surface area contributed by atoms with E-state index in [1.807, 2.05) is 0 Å². The van der Waals surface area contributed by atoms with Crippen LogP contribution in [0.1, 0.15) is 34.1 Å². The second-order valence-electron chi connectivity index (χ2n) is 6.84. The molecule has 0 aromatic rings. The van der Waals surface area contributed by atoms with Gasteiger partial charge in [-0.3, -0.25) is 0 Å². The molecular weight excluding hydrogens is 790 g/mol. The summed E-state index contributed by atoms with van der Waals surface area (Å²) in [5, 5.41) is 0. The second-order valence-corrected chi connectivity index (χ2v) is 10.5. The zero-order valence-corrected chi connectivity index (χ0v) is 26.6. The van der Waals surface area contributed by atoms with E-state index < -0.39 is 43.5 Å². The van der Waals surface area contributed by atoms with Gasteiger partial charge in [-0.15, -0.1) is 11.6 Å². The summed E-state index contributed by atoms with van der Waals surface area (Å²) in [6.07, 6.45) is 3.24. The molecule has 0 nitrogen and oxygen atoms in total. The fourth-order valence-electron chi connectivity index (χ4n) is 0.678. The van der Waals surface area contributed by atoms with Gasteiger partial charge in [0.15, 0.2) is 0 Å². The Balaban J connectivity index is -0.0000000455. The molecule has 44 heavy (non-hydrogen) atoms. The third-order valence-corrected chi connectivity index (χ3v) is 2.11. The summed E-state index contributed by atoms with van der Waals surface area (Å²) < 4.78 is 235. The van der Waals surface area contributed by atoms with Crippen LogP contribution < -0.4 is 0 Å². The zero-order chi connectivity index (χ0) is 37.9. The quantitative estimate of drug-likeness (QED) is 0.151. The summed E-state index contributed by atoms with van der Waals surface area (Å²) in [4.78, 5) is 0. The molecule has 0 aliphatic rings. The van der Waals surface area contributed by atoms with Crippen molar-refractivity contribution in [2.75, 3.05) is 5.88 Å². The van der Waals surface area contributed by atoms with Crippen LogP contribution in [-0.4, -0.2) is 150 Å². The van der Waals surface area contributed by atoms with Gasteiger partial charge in [0.05, 0.1) is 0 Å². The fourth-order valence-corrected chi connectivity index (χ4v) is 2.41. The number of allylic oxidation sites excluding steroid dienone is 1. The Bertz CT molecular complexity index is 470. The number of halogens is 26. The van der Waals surface area contributed by atoms with Crippen molar-refractivity contribution < 1.29 is 104 Å². The van der Waals surface area contributed by atoms with Gasteiger partial charge in [-0.2, -0.15) is 0 Å². The van der Waals surface area contributed by atoms with Crippen LogP contribution >= 0.6 is 23.2 Å². The van der Waals surface area contributed by atoms with Crippen LogP contribution in [0.5, 0.6) is 0 Å². The van der Waals surface area contributed by atoms with Crippen LogP contribution in [0.2, 0.25) is 0 Å². The molecule has 0 saturated heterocycles. The number of rotatable bonds is 3. The molecule has 0 saturated carbocycles. The van der Waals surface area contributed by atoms with Gasteiger partial charge < -0.3 is 104 Å². The normalized spacial score (nSPS) is 11.6. The maximum absolute atomic E-state index is 9.75. The molecule has 0 spiro atoms. The van der Waals surface area contributed by atoms with Gasteiger partial charge in [-0.1, -0.05) is 13.8 Å². The SMILES string of the molecule is CC(C)C=[C](Cl)[K].CC(C)CCCl.F[B-](F)(F)F.F[B-](F)(F)F.F[B-](F)(F)F.F[B-](F)(F)F.F[B-](F)(F)F.F[B-](F)(F)F.[KH]. The first kappa shape index (κ1) is 68.3. The van der Waals surface area contributed by atoms with E-state index in [1.165, 1.54) is 0 Å². The summed E-state index contributed by atoms with van der Waals surface area (Å²) in [6.45, 7) is 8.60. The molecule has 0 fully saturated rings. The summed E-state index contributed by atoms with van der Waals surface area (Å²) in [5.74, 6) is 2.20. The van der Waals surface area contributed by atoms with E-state index in [0.717, 1.165) is 17.3 Å². The Morgan fingerprint density at radius 1 is 0.500 bits per heavy atom. The molecule has 0 aliphatic carbocycles. The molecule has 0 bridgehead atoms. The molecule has 0 N–H and O–H groups in total. The van der Waals surface area contributed by atoms with Crippen LogP contribution in [0.4, 0.5) is 104 Å². The van der Waals surface area contributed by atoms with Gasteiger partial charge in [-0.25, -0.2) is 0 Å². The van der Waals surface area contributed by atoms with E-state index in [2.05, 4.69) is 33.8 Å². The molecule has 0 rings (SSSR count). The minimum atomic E-state index is -6.00. The van der Waals surface area contributed by atoms with Crippen LogP contribution in [0.3, 0.4) is 0 Å². The van der Waals surface area contributed by atoms with E-state index >= 15 is 0 Å². The average Bonchev–Trinajstić information content (AvgIpc) is 2.42. The van der Waals surface area contributed by atoms with E-state index in [1.54, 1.807) is 0 Å². The van der Waals surface area contributed by atoms with E-state index in [9.17, 15) is 104 Å². The summed E-state index contributed by atoms with van der Waals surface area (Å²) >= 11 is 11.7. The van der Waals surface area contributed by atoms with Gasteiger partial charge in [0.25, 0.3) is 0 Å². The van der Waals surface area contributed by atoms with Crippen molar-refractivity contribution in [3.8, 4) is 0 Å². The van der Waals surface area contributed by atoms with Crippen molar-refractivity contribution in [3.63, 3.8) is 0 Å². The van der Waals surface area contributed by atoms with Crippen LogP contribution in [0.25, 0.3) is 0 Å². The molecular formula is C10H20B6Cl2F24K2-6. The first-order valence-corrected chi connectivity index (χ1v) is 12.5. The molecule has 34 heteroatoms. The Morgan fingerprint density at radius 3 is 0.636 bits per heavy atom. The second kappa shape index (κ2) is 35.1. The van der Waals surface area contributed by atoms with Crippen molar-refractivity contribution in [2.24, 2.45) is 11.8 Å². The third kappa shape index (κ3) is 960. The maximum atomic E-state index is 9.75. The monoisotopic (exact) mass is 810 g/mol. The van der Waals surface area contributed by atoms with Gasteiger partial charge >= 0.3 is 180 Å². The fraction of sp³-hybridized carbons (Fsp3) is 0.800. The summed E-state index contributed by atoms with van der Waals surface area (Å²) in [6, 6.07) is 0. The van der Waals surface area contributed by atoms with Gasteiger partial charge in [0, 0.05) is 5.88 Å². The Labute approximate surface area is 323 Å². The van der Waals surface area contributed by atoms with Crippen molar-refractivity contribution in [3.05, 3.63) is 5.20 Å². The van der Waals surface area contributed by atoms with Gasteiger partial charge in [0.2, 0.25) is 0 Å². The average molecular weight is 810 g/mol. The van der Waals surface area contributed by atoms with Gasteiger partial charge in [0.1, 0.15) is 0 Å². The standard InChI is InChI=1S/C5H11Cl.C5H8Cl.6BF4.2K.H/c2*1-5(2)3-4-6;6*2-1(3,4)5;;;/h5H,3-4H2,1-2H3;3,5H,1-2H3;;;;;;;;;/q;;6*-1;;;. The van der Waals surface area contributed by atoms with Gasteiger partial charge in [-0.05, 0) is 12.3 Å². The predicted octanol–water partition coefficient (Wildman–Crippen LogP) is 11.3. The Kier molecular flexibility index (Phi) is 54.5. The molecule has 0 radical (unpaired) electrons. The zero-order valence-electron chi connectivity index (χ0n) is 21.9. The summed E-state index contributed by atoms with van der Waals surface area (Å²) in [7, 11) is -36.0. The van der Waals surface area contributed by atoms with E-state index in [4.69, 9.17) is 23.2 Å². The molecule has 0 aromatic heterocycles. The topological polar surface area (TPSA) is 0 Å². The molecule has 0 aliphatic heterocycles. The Morgan fingerprint density at radius 2 is 0.636 bits per heavy atom. The van der Waals surface area contributed by atoms with Crippen LogP contribution in [-0.2, 0) is 0 Å². The van der Waals surface area contributed by atoms with Crippen molar-refractivity contribution in [1.82, 2.24) is 0 Å². The molecule has 0 heterocycles. The number of hydrogen-bond acceptors (Lipinski definition) is 0. The molecule has 0 atom stereocenters. The molecule has 268 valence electrons. The van der Waals surface area contributed by atoms with Crippen molar-refractivity contribution in [1.29, 1.82) is 0 Å². The van der Waals surface area contributed by atoms with E-state index in [-0.39, 0.29) is 51.4 Å². The van der Waals surface area contributed by atoms with Crippen LogP contribution in [0.15, 0.2) is 5.20 Å². The first-order valence-electron chi connectivity index (χ1n) is 10.0. The van der Waals surface area contributed by atoms with E-state index in [0.29, 0.717) is 54.9 Å². The Hall–Kier alpha value is 2.30. The summed E-state index contributed by atoms with van der Waals surface area (Å²) in [5.41, 5.74) is 0.